The van der Waals surface area contributed by atoms with Gasteiger partial charge >= 0.3 is 0 Å². The molecule has 0 fully saturated rings. The Labute approximate surface area is 135 Å². The Morgan fingerprint density at radius 2 is 1.65 bits per heavy atom. The smallest absolute Gasteiger partial charge is 0.243 e. The third-order valence-corrected chi connectivity index (χ3v) is 3.43. The molecule has 0 radical (unpaired) electrons. The first-order valence-corrected chi connectivity index (χ1v) is 7.39. The lowest BCUT2D eigenvalue weighted by Gasteiger charge is -2.14. The molecule has 0 heterocycles. The molecule has 0 aliphatic rings. The Balaban J connectivity index is 2.03. The van der Waals surface area contributed by atoms with E-state index in [2.05, 4.69) is 10.6 Å². The van der Waals surface area contributed by atoms with Gasteiger partial charge < -0.3 is 15.7 Å². The van der Waals surface area contributed by atoms with Crippen molar-refractivity contribution in [2.75, 3.05) is 17.2 Å². The maximum atomic E-state index is 12.1. The van der Waals surface area contributed by atoms with Crippen LogP contribution in [-0.4, -0.2) is 23.3 Å². The van der Waals surface area contributed by atoms with E-state index in [1.165, 1.54) is 6.92 Å². The van der Waals surface area contributed by atoms with Crippen molar-refractivity contribution in [2.24, 2.45) is 0 Å². The summed E-state index contributed by atoms with van der Waals surface area (Å²) in [6.07, 6.45) is -0.625. The molecule has 0 aliphatic carbocycles. The highest BCUT2D eigenvalue weighted by Gasteiger charge is 2.11. The Kier molecular flexibility index (Phi) is 5.49. The predicted molar refractivity (Wildman–Crippen MR) is 90.6 cm³/mol. The fraction of sp³-hybridized carbons (Fsp3) is 0.222. The average molecular weight is 312 g/mol. The minimum Gasteiger partial charge on any atom is -0.389 e. The molecule has 0 spiro atoms. The number of Topliss-reactive ketones (excluding diaryl/α,β-unsaturated/α-hetero) is 1. The van der Waals surface area contributed by atoms with Gasteiger partial charge in [-0.25, -0.2) is 0 Å². The first kappa shape index (κ1) is 16.7. The number of aliphatic hydroxyl groups is 1. The number of aliphatic hydroxyl groups excluding tert-OH is 1. The number of carbonyl (C=O) groups excluding carboxylic acids is 2. The molecule has 1 amide bonds. The van der Waals surface area contributed by atoms with Gasteiger partial charge in [-0.05, 0) is 32.0 Å². The van der Waals surface area contributed by atoms with Crippen LogP contribution in [-0.2, 0) is 4.79 Å². The van der Waals surface area contributed by atoms with Gasteiger partial charge in [0.25, 0.3) is 0 Å². The standard InChI is InChI=1S/C18H20N2O3/c1-12(21)14-7-3-5-9-16(14)19-11-18(23)20-17-10-6-4-8-15(17)13(2)22/h3-10,12,19,21H,11H2,1-2H3,(H,20,23). The first-order chi connectivity index (χ1) is 11.0. The van der Waals surface area contributed by atoms with E-state index in [1.54, 1.807) is 43.3 Å². The van der Waals surface area contributed by atoms with Crippen LogP contribution in [0.4, 0.5) is 11.4 Å². The lowest BCUT2D eigenvalue weighted by molar-refractivity contribution is -0.114. The monoisotopic (exact) mass is 312 g/mol. The van der Waals surface area contributed by atoms with Crippen molar-refractivity contribution in [3.63, 3.8) is 0 Å². The number of ketones is 1. The predicted octanol–water partition coefficient (Wildman–Crippen LogP) is 2.99. The van der Waals surface area contributed by atoms with Gasteiger partial charge in [-0.2, -0.15) is 0 Å². The number of nitrogens with one attached hydrogen (secondary N) is 2. The lowest BCUT2D eigenvalue weighted by Crippen LogP contribution is -2.23. The van der Waals surface area contributed by atoms with E-state index >= 15 is 0 Å². The van der Waals surface area contributed by atoms with Gasteiger partial charge in [0.1, 0.15) is 0 Å². The highest BCUT2D eigenvalue weighted by atomic mass is 16.3. The third kappa shape index (κ3) is 4.40. The second-order valence-electron chi connectivity index (χ2n) is 5.27. The molecule has 3 N–H and O–H groups in total. The van der Waals surface area contributed by atoms with Crippen molar-refractivity contribution in [2.45, 2.75) is 20.0 Å². The van der Waals surface area contributed by atoms with Gasteiger partial charge in [-0.3, -0.25) is 9.59 Å². The number of carbonyl (C=O) groups is 2. The Bertz CT molecular complexity index is 711. The van der Waals surface area contributed by atoms with E-state index in [0.717, 1.165) is 5.56 Å². The molecule has 0 aliphatic heterocycles. The molecule has 0 aromatic heterocycles. The SMILES string of the molecule is CC(=O)c1ccccc1NC(=O)CNc1ccccc1C(C)O. The summed E-state index contributed by atoms with van der Waals surface area (Å²) in [5.74, 6) is -0.368. The van der Waals surface area contributed by atoms with Crippen LogP contribution < -0.4 is 10.6 Å². The number of rotatable bonds is 6. The van der Waals surface area contributed by atoms with Gasteiger partial charge in [0, 0.05) is 16.8 Å². The molecular weight excluding hydrogens is 292 g/mol. The first-order valence-electron chi connectivity index (χ1n) is 7.39. The summed E-state index contributed by atoms with van der Waals surface area (Å²) in [7, 11) is 0. The Morgan fingerprint density at radius 1 is 1.04 bits per heavy atom. The van der Waals surface area contributed by atoms with E-state index in [0.29, 0.717) is 16.9 Å². The maximum absolute atomic E-state index is 12.1. The van der Waals surface area contributed by atoms with E-state index in [-0.39, 0.29) is 18.2 Å². The zero-order valence-electron chi connectivity index (χ0n) is 13.2. The summed E-state index contributed by atoms with van der Waals surface area (Å²) in [6.45, 7) is 3.17. The topological polar surface area (TPSA) is 78.4 Å². The Hall–Kier alpha value is -2.66. The molecule has 5 heteroatoms. The second-order valence-corrected chi connectivity index (χ2v) is 5.27. The van der Waals surface area contributed by atoms with E-state index in [4.69, 9.17) is 0 Å². The van der Waals surface area contributed by atoms with Gasteiger partial charge in [-0.1, -0.05) is 30.3 Å². The Morgan fingerprint density at radius 3 is 2.30 bits per heavy atom. The molecule has 2 aromatic carbocycles. The van der Waals surface area contributed by atoms with E-state index in [1.807, 2.05) is 12.1 Å². The molecule has 1 atom stereocenters. The van der Waals surface area contributed by atoms with Crippen LogP contribution in [0.3, 0.4) is 0 Å². The van der Waals surface area contributed by atoms with Crippen LogP contribution in [0.15, 0.2) is 48.5 Å². The summed E-state index contributed by atoms with van der Waals surface area (Å²) < 4.78 is 0. The summed E-state index contributed by atoms with van der Waals surface area (Å²) in [5.41, 5.74) is 2.41. The summed E-state index contributed by atoms with van der Waals surface area (Å²) in [4.78, 5) is 23.6. The van der Waals surface area contributed by atoms with Crippen LogP contribution in [0.5, 0.6) is 0 Å². The number of anilines is 2. The maximum Gasteiger partial charge on any atom is 0.243 e. The summed E-state index contributed by atoms with van der Waals surface area (Å²) >= 11 is 0. The van der Waals surface area contributed by atoms with Crippen molar-refractivity contribution in [3.05, 3.63) is 59.7 Å². The molecule has 2 aromatic rings. The van der Waals surface area contributed by atoms with Crippen molar-refractivity contribution in [1.82, 2.24) is 0 Å². The molecule has 1 unspecified atom stereocenters. The van der Waals surface area contributed by atoms with Gasteiger partial charge in [0.2, 0.25) is 5.91 Å². The second kappa shape index (κ2) is 7.56. The molecule has 0 bridgehead atoms. The minimum atomic E-state index is -0.625. The fourth-order valence-electron chi connectivity index (χ4n) is 2.29. The normalized spacial score (nSPS) is 11.6. The van der Waals surface area contributed by atoms with Gasteiger partial charge in [-0.15, -0.1) is 0 Å². The molecule has 2 rings (SSSR count). The quantitative estimate of drug-likeness (QED) is 0.717. The fourth-order valence-corrected chi connectivity index (χ4v) is 2.29. The van der Waals surface area contributed by atoms with Crippen molar-refractivity contribution >= 4 is 23.1 Å². The minimum absolute atomic E-state index is 0.0377. The third-order valence-electron chi connectivity index (χ3n) is 3.43. The van der Waals surface area contributed by atoms with Crippen molar-refractivity contribution < 1.29 is 14.7 Å². The highest BCUT2D eigenvalue weighted by molar-refractivity contribution is 6.04. The number of benzene rings is 2. The molecule has 120 valence electrons. The number of hydrogen-bond donors (Lipinski definition) is 3. The number of amides is 1. The summed E-state index contributed by atoms with van der Waals surface area (Å²) in [6, 6.07) is 14.1. The average Bonchev–Trinajstić information content (AvgIpc) is 2.53. The van der Waals surface area contributed by atoms with Gasteiger partial charge in [0.15, 0.2) is 5.78 Å². The number of para-hydroxylation sites is 2. The molecular formula is C18H20N2O3. The van der Waals surface area contributed by atoms with Crippen LogP contribution in [0.1, 0.15) is 35.9 Å². The molecule has 0 saturated carbocycles. The van der Waals surface area contributed by atoms with Crippen LogP contribution in [0.2, 0.25) is 0 Å². The largest absolute Gasteiger partial charge is 0.389 e. The van der Waals surface area contributed by atoms with E-state index in [9.17, 15) is 14.7 Å². The zero-order chi connectivity index (χ0) is 16.8. The number of hydrogen-bond acceptors (Lipinski definition) is 4. The van der Waals surface area contributed by atoms with Crippen molar-refractivity contribution in [3.8, 4) is 0 Å². The zero-order valence-corrected chi connectivity index (χ0v) is 13.2. The van der Waals surface area contributed by atoms with E-state index < -0.39 is 6.10 Å². The van der Waals surface area contributed by atoms with Crippen LogP contribution in [0.25, 0.3) is 0 Å². The van der Waals surface area contributed by atoms with Gasteiger partial charge in [0.05, 0.1) is 18.3 Å². The highest BCUT2D eigenvalue weighted by Crippen LogP contribution is 2.22. The van der Waals surface area contributed by atoms with Crippen LogP contribution in [0, 0.1) is 0 Å². The summed E-state index contributed by atoms with van der Waals surface area (Å²) in [5, 5.41) is 15.5. The lowest BCUT2D eigenvalue weighted by atomic mass is 10.1. The molecule has 23 heavy (non-hydrogen) atoms. The molecule has 0 saturated heterocycles. The van der Waals surface area contributed by atoms with Crippen molar-refractivity contribution in [1.29, 1.82) is 0 Å². The van der Waals surface area contributed by atoms with Crippen LogP contribution >= 0.6 is 0 Å². The molecule has 5 nitrogen and oxygen atoms in total.